The van der Waals surface area contributed by atoms with Crippen LogP contribution in [-0.2, 0) is 20.9 Å². The van der Waals surface area contributed by atoms with Gasteiger partial charge >= 0.3 is 12.1 Å². The molecule has 4 aliphatic rings. The van der Waals surface area contributed by atoms with Gasteiger partial charge in [-0.05, 0) is 117 Å². The molecule has 332 valence electrons. The van der Waals surface area contributed by atoms with Crippen LogP contribution in [0.2, 0.25) is 0 Å². The minimum Gasteiger partial charge on any atom is -0.506 e. The Balaban J connectivity index is 0.745. The van der Waals surface area contributed by atoms with Gasteiger partial charge in [0.25, 0.3) is 5.91 Å². The number of aromatic hydroxyl groups is 1. The molecule has 5 N–H and O–H groups in total. The van der Waals surface area contributed by atoms with Crippen molar-refractivity contribution in [3.8, 4) is 11.5 Å². The Hall–Kier alpha value is -6.16. The lowest BCUT2D eigenvalue weighted by molar-refractivity contribution is -0.150. The van der Waals surface area contributed by atoms with Crippen LogP contribution in [-0.4, -0.2) is 101 Å². The van der Waals surface area contributed by atoms with E-state index in [-0.39, 0.29) is 66.2 Å². The van der Waals surface area contributed by atoms with E-state index in [1.807, 2.05) is 54.6 Å². The van der Waals surface area contributed by atoms with Gasteiger partial charge < -0.3 is 49.4 Å². The van der Waals surface area contributed by atoms with Crippen LogP contribution in [0.25, 0.3) is 10.9 Å². The zero-order chi connectivity index (χ0) is 43.7. The first kappa shape index (κ1) is 43.5. The third-order valence-electron chi connectivity index (χ3n) is 12.4. The average molecular weight is 862 g/mol. The number of carbonyl (C=O) groups excluding carboxylic acids is 3. The molecule has 63 heavy (non-hydrogen) atoms. The van der Waals surface area contributed by atoms with E-state index >= 15 is 0 Å². The summed E-state index contributed by atoms with van der Waals surface area (Å²) in [5.41, 5.74) is 2.28. The highest BCUT2D eigenvalue weighted by atomic mass is 16.6. The van der Waals surface area contributed by atoms with Gasteiger partial charge in [0.1, 0.15) is 30.0 Å². The number of aromatic nitrogens is 1. The molecule has 3 atom stereocenters. The molecule has 4 fully saturated rings. The highest BCUT2D eigenvalue weighted by molar-refractivity contribution is 5.91. The topological polar surface area (TPSA) is 196 Å². The van der Waals surface area contributed by atoms with Gasteiger partial charge in [0.15, 0.2) is 5.76 Å². The van der Waals surface area contributed by atoms with Crippen molar-refractivity contribution < 1.29 is 43.2 Å². The number of alkyl carbamates (subject to hydrolysis) is 1. The fraction of sp³-hybridized carbons (Fsp3) is 0.417. The molecule has 4 aliphatic heterocycles. The number of ether oxygens (including phenoxy) is 3. The number of nitrogens with zero attached hydrogens (tertiary/aromatic N) is 2. The van der Waals surface area contributed by atoms with Crippen LogP contribution < -0.4 is 20.9 Å². The van der Waals surface area contributed by atoms with Crippen molar-refractivity contribution in [2.45, 2.75) is 63.4 Å². The first-order valence-corrected chi connectivity index (χ1v) is 21.9. The molecule has 6 heterocycles. The van der Waals surface area contributed by atoms with Crippen LogP contribution in [0.5, 0.6) is 11.5 Å². The summed E-state index contributed by atoms with van der Waals surface area (Å²) in [5.74, 6) is 0.801. The van der Waals surface area contributed by atoms with Crippen LogP contribution in [0, 0.1) is 11.8 Å². The number of furan rings is 1. The molecule has 15 heteroatoms. The second-order valence-electron chi connectivity index (χ2n) is 16.6. The minimum atomic E-state index is -0.851. The Bertz CT molecular complexity index is 2400. The number of aliphatic hydroxyl groups is 1. The van der Waals surface area contributed by atoms with Crippen molar-refractivity contribution in [2.24, 2.45) is 11.8 Å². The van der Waals surface area contributed by atoms with Gasteiger partial charge in [-0.1, -0.05) is 48.5 Å². The second-order valence-corrected chi connectivity index (χ2v) is 16.6. The molecule has 0 saturated carbocycles. The molecule has 4 saturated heterocycles. The van der Waals surface area contributed by atoms with Gasteiger partial charge in [0.2, 0.25) is 5.56 Å². The zero-order valence-corrected chi connectivity index (χ0v) is 35.2. The number of H-pyrrole nitrogens is 1. The fourth-order valence-electron chi connectivity index (χ4n) is 8.86. The van der Waals surface area contributed by atoms with Gasteiger partial charge in [0.05, 0.1) is 30.2 Å². The number of esters is 1. The fourth-order valence-corrected chi connectivity index (χ4v) is 8.86. The molecule has 15 nitrogen and oxygen atoms in total. The van der Waals surface area contributed by atoms with Gasteiger partial charge in [-0.25, -0.2) is 4.79 Å². The van der Waals surface area contributed by atoms with E-state index in [4.69, 9.17) is 18.6 Å². The molecule has 2 amide bonds. The first-order chi connectivity index (χ1) is 30.7. The normalized spacial score (nSPS) is 19.6. The van der Waals surface area contributed by atoms with E-state index in [0.717, 1.165) is 50.0 Å². The summed E-state index contributed by atoms with van der Waals surface area (Å²) in [4.78, 5) is 57.8. The Labute approximate surface area is 365 Å². The number of hydrogen-bond acceptors (Lipinski definition) is 12. The van der Waals surface area contributed by atoms with Crippen molar-refractivity contribution in [3.05, 3.63) is 130 Å². The van der Waals surface area contributed by atoms with Gasteiger partial charge in [0, 0.05) is 37.6 Å². The number of nitrogens with one attached hydrogen (secondary N) is 3. The molecule has 0 radical (unpaired) electrons. The van der Waals surface area contributed by atoms with Crippen molar-refractivity contribution in [2.75, 3.05) is 52.4 Å². The Morgan fingerprint density at radius 2 is 1.67 bits per heavy atom. The van der Waals surface area contributed by atoms with E-state index in [0.29, 0.717) is 67.3 Å². The third-order valence-corrected chi connectivity index (χ3v) is 12.4. The molecule has 9 rings (SSSR count). The van der Waals surface area contributed by atoms with Crippen molar-refractivity contribution in [3.63, 3.8) is 0 Å². The maximum atomic E-state index is 13.4. The number of benzene rings is 3. The SMILES string of the molecule is O=C(N[C@@H](c1ccccc1)c1cccc(OCc2ccc(C(=O)N3CCC(C(=O)OCCCCNCC(O)c4ccc(O)c5[nH]c(=O)ccc45)CC3)o2)c1)OC1CN2CCC1CC2. The molecule has 0 spiro atoms. The predicted octanol–water partition coefficient (Wildman–Crippen LogP) is 5.81. The maximum absolute atomic E-state index is 13.4. The number of amides is 2. The third kappa shape index (κ3) is 10.9. The van der Waals surface area contributed by atoms with Crippen LogP contribution >= 0.6 is 0 Å². The average Bonchev–Trinajstić information content (AvgIpc) is 3.80. The number of phenols is 1. The molecule has 3 aromatic carbocycles. The highest BCUT2D eigenvalue weighted by Gasteiger charge is 2.37. The lowest BCUT2D eigenvalue weighted by Gasteiger charge is -2.43. The second kappa shape index (κ2) is 20.4. The summed E-state index contributed by atoms with van der Waals surface area (Å²) in [6.07, 6.45) is 3.06. The van der Waals surface area contributed by atoms with E-state index in [1.165, 1.54) is 12.1 Å². The molecule has 2 aromatic heterocycles. The molecule has 2 bridgehead atoms. The number of phenolic OH excluding ortho intramolecular Hbond substituents is 1. The van der Waals surface area contributed by atoms with Gasteiger partial charge in [-0.2, -0.15) is 0 Å². The van der Waals surface area contributed by atoms with E-state index in [9.17, 15) is 29.4 Å². The van der Waals surface area contributed by atoms with Crippen molar-refractivity contribution >= 4 is 28.9 Å². The molecule has 5 aromatic rings. The lowest BCUT2D eigenvalue weighted by atomic mass is 9.86. The summed E-state index contributed by atoms with van der Waals surface area (Å²) < 4.78 is 23.6. The predicted molar refractivity (Wildman–Crippen MR) is 233 cm³/mol. The summed E-state index contributed by atoms with van der Waals surface area (Å²) >= 11 is 0. The maximum Gasteiger partial charge on any atom is 0.408 e. The number of hydrogen-bond donors (Lipinski definition) is 5. The Morgan fingerprint density at radius 3 is 2.44 bits per heavy atom. The number of fused-ring (bicyclic) bond motifs is 4. The number of rotatable bonds is 17. The van der Waals surface area contributed by atoms with Crippen LogP contribution in [0.1, 0.15) is 83.7 Å². The molecular formula is C48H55N5O10. The monoisotopic (exact) mass is 861 g/mol. The number of piperidine rings is 4. The van der Waals surface area contributed by atoms with Crippen LogP contribution in [0.4, 0.5) is 4.79 Å². The standard InChI is InChI=1S/C48H55N5O10/c54-39-14-12-37(38-13-16-43(56)50-45(38)39)40(55)28-49-21-4-5-26-60-47(58)33-19-24-53(25-20-33)46(57)41-15-11-36(62-41)30-61-35-10-6-9-34(27-35)44(32-7-2-1-3-8-32)51-48(59)63-42-29-52-22-17-31(42)18-23-52/h1-3,6-16,27,31,33,40,42,44,49,54-55H,4-5,17-26,28-30H2,(H,50,56)(H,51,59)/t40?,42?,44-/m0/s1. The summed E-state index contributed by atoms with van der Waals surface area (Å²) in [6, 6.07) is 26.2. The number of aliphatic hydroxyl groups excluding tert-OH is 1. The Kier molecular flexibility index (Phi) is 14.0. The number of likely N-dealkylation sites (tertiary alicyclic amines) is 1. The van der Waals surface area contributed by atoms with E-state index in [2.05, 4.69) is 20.5 Å². The van der Waals surface area contributed by atoms with Crippen molar-refractivity contribution in [1.82, 2.24) is 25.4 Å². The number of aromatic amines is 1. The van der Waals surface area contributed by atoms with E-state index < -0.39 is 18.2 Å². The van der Waals surface area contributed by atoms with Crippen LogP contribution in [0.15, 0.2) is 100 Å². The van der Waals surface area contributed by atoms with Gasteiger partial charge in [-0.15, -0.1) is 0 Å². The zero-order valence-electron chi connectivity index (χ0n) is 35.2. The summed E-state index contributed by atoms with van der Waals surface area (Å²) in [7, 11) is 0. The summed E-state index contributed by atoms with van der Waals surface area (Å²) in [6.45, 7) is 4.95. The quantitative estimate of drug-likeness (QED) is 0.0557. The molecule has 2 unspecified atom stereocenters. The Morgan fingerprint density at radius 1 is 0.873 bits per heavy atom. The van der Waals surface area contributed by atoms with Crippen LogP contribution in [0.3, 0.4) is 0 Å². The summed E-state index contributed by atoms with van der Waals surface area (Å²) in [5, 5.41) is 27.7. The van der Waals surface area contributed by atoms with Gasteiger partial charge in [-0.3, -0.25) is 19.3 Å². The minimum absolute atomic E-state index is 0.0609. The lowest BCUT2D eigenvalue weighted by Crippen LogP contribution is -2.52. The highest BCUT2D eigenvalue weighted by Crippen LogP contribution is 2.32. The number of carbonyl (C=O) groups is 3. The molecular weight excluding hydrogens is 807 g/mol. The molecule has 0 aliphatic carbocycles. The number of unbranched alkanes of at least 4 members (excludes halogenated alkanes) is 1. The first-order valence-electron chi connectivity index (χ1n) is 21.9. The van der Waals surface area contributed by atoms with Crippen molar-refractivity contribution in [1.29, 1.82) is 0 Å². The largest absolute Gasteiger partial charge is 0.506 e. The smallest absolute Gasteiger partial charge is 0.408 e. The number of pyridine rings is 1. The van der Waals surface area contributed by atoms with E-state index in [1.54, 1.807) is 29.2 Å².